The fraction of sp³-hybridized carbons (Fsp3) is 0.538. The maximum Gasteiger partial charge on any atom is 0.310 e. The first-order valence-corrected chi connectivity index (χ1v) is 8.31. The van der Waals surface area contributed by atoms with Gasteiger partial charge in [0.2, 0.25) is 10.0 Å². The SMILES string of the molecule is CNCC1CCN(S(=O)(=O)c2ccc([N+](=O)[O-])c(OC)c2)C1.Cl. The second-order valence-electron chi connectivity index (χ2n) is 5.17. The Hall–Kier alpha value is -1.42. The molecule has 0 aromatic heterocycles. The Morgan fingerprint density at radius 1 is 1.48 bits per heavy atom. The molecular formula is C13H20ClN3O5S. The number of nitrogens with one attached hydrogen (secondary N) is 1. The van der Waals surface area contributed by atoms with Crippen molar-refractivity contribution in [3.05, 3.63) is 28.3 Å². The van der Waals surface area contributed by atoms with Gasteiger partial charge in [-0.05, 0) is 32.0 Å². The summed E-state index contributed by atoms with van der Waals surface area (Å²) in [5.74, 6) is 0.219. The Morgan fingerprint density at radius 2 is 2.17 bits per heavy atom. The summed E-state index contributed by atoms with van der Waals surface area (Å²) < 4.78 is 31.6. The molecule has 0 aliphatic carbocycles. The topological polar surface area (TPSA) is 102 Å². The van der Waals surface area contributed by atoms with E-state index < -0.39 is 14.9 Å². The molecule has 1 saturated heterocycles. The lowest BCUT2D eigenvalue weighted by Gasteiger charge is -2.17. The Labute approximate surface area is 141 Å². The third kappa shape index (κ3) is 4.11. The van der Waals surface area contributed by atoms with Crippen molar-refractivity contribution < 1.29 is 18.1 Å². The van der Waals surface area contributed by atoms with Gasteiger partial charge in [-0.2, -0.15) is 4.31 Å². The number of nitro benzene ring substituents is 1. The summed E-state index contributed by atoms with van der Waals surface area (Å²) in [5, 5.41) is 13.9. The second-order valence-corrected chi connectivity index (χ2v) is 7.10. The van der Waals surface area contributed by atoms with Crippen molar-refractivity contribution in [1.29, 1.82) is 0 Å². The van der Waals surface area contributed by atoms with Crippen molar-refractivity contribution in [3.63, 3.8) is 0 Å². The van der Waals surface area contributed by atoms with Gasteiger partial charge in [0.25, 0.3) is 0 Å². The molecule has 0 radical (unpaired) electrons. The van der Waals surface area contributed by atoms with Crippen molar-refractivity contribution in [1.82, 2.24) is 9.62 Å². The number of nitrogens with zero attached hydrogens (tertiary/aromatic N) is 2. The maximum atomic E-state index is 12.6. The van der Waals surface area contributed by atoms with Crippen molar-refractivity contribution in [2.45, 2.75) is 11.3 Å². The van der Waals surface area contributed by atoms with Gasteiger partial charge in [0.15, 0.2) is 5.75 Å². The molecule has 1 aliphatic heterocycles. The van der Waals surface area contributed by atoms with Crippen LogP contribution >= 0.6 is 12.4 Å². The molecule has 1 aromatic rings. The third-order valence-electron chi connectivity index (χ3n) is 3.73. The van der Waals surface area contributed by atoms with Crippen LogP contribution in [0.2, 0.25) is 0 Å². The van der Waals surface area contributed by atoms with Gasteiger partial charge < -0.3 is 10.1 Å². The van der Waals surface area contributed by atoms with Crippen LogP contribution in [0.4, 0.5) is 5.69 Å². The maximum absolute atomic E-state index is 12.6. The van der Waals surface area contributed by atoms with Crippen LogP contribution in [0.5, 0.6) is 5.75 Å². The monoisotopic (exact) mass is 365 g/mol. The van der Waals surface area contributed by atoms with E-state index in [1.165, 1.54) is 23.5 Å². The average Bonchev–Trinajstić information content (AvgIpc) is 2.96. The Bertz CT molecular complexity index is 668. The fourth-order valence-corrected chi connectivity index (χ4v) is 4.14. The van der Waals surface area contributed by atoms with Gasteiger partial charge in [0, 0.05) is 25.2 Å². The van der Waals surface area contributed by atoms with E-state index >= 15 is 0 Å². The van der Waals surface area contributed by atoms with E-state index in [0.717, 1.165) is 19.0 Å². The third-order valence-corrected chi connectivity index (χ3v) is 5.59. The first kappa shape index (κ1) is 19.6. The standard InChI is InChI=1S/C13H19N3O5S.ClH/c1-14-8-10-5-6-15(9-10)22(19,20)11-3-4-12(16(17)18)13(7-11)21-2;/h3-4,7,10,14H,5-6,8-9H2,1-2H3;1H. The number of benzene rings is 1. The summed E-state index contributed by atoms with van der Waals surface area (Å²) in [4.78, 5) is 10.3. The number of ether oxygens (including phenoxy) is 1. The van der Waals surface area contributed by atoms with Gasteiger partial charge in [-0.25, -0.2) is 8.42 Å². The van der Waals surface area contributed by atoms with Gasteiger partial charge in [-0.1, -0.05) is 0 Å². The predicted octanol–water partition coefficient (Wildman–Crippen LogP) is 1.26. The van der Waals surface area contributed by atoms with E-state index in [0.29, 0.717) is 13.1 Å². The first-order valence-electron chi connectivity index (χ1n) is 6.87. The quantitative estimate of drug-likeness (QED) is 0.601. The Balaban J connectivity index is 0.00000264. The number of rotatable bonds is 6. The molecule has 1 atom stereocenters. The minimum absolute atomic E-state index is 0. The van der Waals surface area contributed by atoms with Crippen LogP contribution in [-0.4, -0.2) is 51.4 Å². The van der Waals surface area contributed by atoms with Crippen LogP contribution in [0.1, 0.15) is 6.42 Å². The Morgan fingerprint density at radius 3 is 2.74 bits per heavy atom. The van der Waals surface area contributed by atoms with Gasteiger partial charge in [-0.15, -0.1) is 12.4 Å². The summed E-state index contributed by atoms with van der Waals surface area (Å²) in [6.07, 6.45) is 0.796. The largest absolute Gasteiger partial charge is 0.490 e. The van der Waals surface area contributed by atoms with Gasteiger partial charge in [0.1, 0.15) is 0 Å². The minimum atomic E-state index is -3.66. The molecule has 1 N–H and O–H groups in total. The van der Waals surface area contributed by atoms with Gasteiger partial charge in [-0.3, -0.25) is 10.1 Å². The molecule has 1 aromatic carbocycles. The van der Waals surface area contributed by atoms with Crippen molar-refractivity contribution in [3.8, 4) is 5.75 Å². The fourth-order valence-electron chi connectivity index (χ4n) is 2.59. The summed E-state index contributed by atoms with van der Waals surface area (Å²) in [6.45, 7) is 1.66. The van der Waals surface area contributed by atoms with E-state index in [-0.39, 0.29) is 34.7 Å². The molecule has 10 heteroatoms. The molecule has 0 spiro atoms. The minimum Gasteiger partial charge on any atom is -0.490 e. The molecule has 1 fully saturated rings. The smallest absolute Gasteiger partial charge is 0.310 e. The molecule has 1 heterocycles. The van der Waals surface area contributed by atoms with E-state index in [1.54, 1.807) is 0 Å². The zero-order valence-electron chi connectivity index (χ0n) is 12.9. The van der Waals surface area contributed by atoms with Crippen LogP contribution in [0, 0.1) is 16.0 Å². The Kier molecular flexibility index (Phi) is 6.75. The number of sulfonamides is 1. The predicted molar refractivity (Wildman–Crippen MR) is 87.7 cm³/mol. The zero-order chi connectivity index (χ0) is 16.3. The number of methoxy groups -OCH3 is 1. The number of nitro groups is 1. The number of hydrogen-bond donors (Lipinski definition) is 1. The molecule has 0 bridgehead atoms. The van der Waals surface area contributed by atoms with Gasteiger partial charge >= 0.3 is 5.69 Å². The average molecular weight is 366 g/mol. The lowest BCUT2D eigenvalue weighted by molar-refractivity contribution is -0.385. The normalized spacial score (nSPS) is 18.4. The summed E-state index contributed by atoms with van der Waals surface area (Å²) in [5.41, 5.74) is -0.254. The summed E-state index contributed by atoms with van der Waals surface area (Å²) in [7, 11) is -0.555. The molecular weight excluding hydrogens is 346 g/mol. The highest BCUT2D eigenvalue weighted by Crippen LogP contribution is 2.32. The van der Waals surface area contributed by atoms with Crippen LogP contribution in [0.15, 0.2) is 23.1 Å². The molecule has 1 unspecified atom stereocenters. The van der Waals surface area contributed by atoms with Crippen molar-refractivity contribution in [2.75, 3.05) is 33.8 Å². The highest BCUT2D eigenvalue weighted by atomic mass is 35.5. The van der Waals surface area contributed by atoms with Crippen molar-refractivity contribution in [2.24, 2.45) is 5.92 Å². The second kappa shape index (κ2) is 7.91. The van der Waals surface area contributed by atoms with Crippen LogP contribution in [0.3, 0.4) is 0 Å². The van der Waals surface area contributed by atoms with Crippen LogP contribution < -0.4 is 10.1 Å². The summed E-state index contributed by atoms with van der Waals surface area (Å²) >= 11 is 0. The molecule has 0 amide bonds. The molecule has 0 saturated carbocycles. The van der Waals surface area contributed by atoms with Crippen LogP contribution in [-0.2, 0) is 10.0 Å². The number of halogens is 1. The number of hydrogen-bond acceptors (Lipinski definition) is 6. The van der Waals surface area contributed by atoms with E-state index in [1.807, 2.05) is 7.05 Å². The van der Waals surface area contributed by atoms with Crippen molar-refractivity contribution >= 4 is 28.1 Å². The molecule has 23 heavy (non-hydrogen) atoms. The van der Waals surface area contributed by atoms with Crippen LogP contribution in [0.25, 0.3) is 0 Å². The molecule has 8 nitrogen and oxygen atoms in total. The van der Waals surface area contributed by atoms with Gasteiger partial charge in [0.05, 0.1) is 16.9 Å². The molecule has 2 rings (SSSR count). The highest BCUT2D eigenvalue weighted by Gasteiger charge is 2.33. The lowest BCUT2D eigenvalue weighted by Crippen LogP contribution is -2.30. The van der Waals surface area contributed by atoms with E-state index in [2.05, 4.69) is 5.32 Å². The van der Waals surface area contributed by atoms with E-state index in [4.69, 9.17) is 4.74 Å². The molecule has 1 aliphatic rings. The first-order chi connectivity index (χ1) is 10.4. The van der Waals surface area contributed by atoms with E-state index in [9.17, 15) is 18.5 Å². The summed E-state index contributed by atoms with van der Waals surface area (Å²) in [6, 6.07) is 3.62. The lowest BCUT2D eigenvalue weighted by atomic mass is 10.1. The molecule has 130 valence electrons. The highest BCUT2D eigenvalue weighted by molar-refractivity contribution is 7.89. The zero-order valence-corrected chi connectivity index (χ0v) is 14.5.